The fourth-order valence-corrected chi connectivity index (χ4v) is 4.87. The number of nitrogens with zero attached hydrogens (tertiary/aromatic N) is 3. The Labute approximate surface area is 216 Å². The number of hydrogen-bond acceptors (Lipinski definition) is 7. The van der Waals surface area contributed by atoms with Crippen molar-refractivity contribution in [2.45, 2.75) is 46.0 Å². The molecule has 37 heavy (non-hydrogen) atoms. The Balaban J connectivity index is 1.29. The van der Waals surface area contributed by atoms with Crippen molar-refractivity contribution < 1.29 is 14.1 Å². The molecule has 1 aliphatic heterocycles. The van der Waals surface area contributed by atoms with E-state index in [0.717, 1.165) is 89.7 Å². The van der Waals surface area contributed by atoms with E-state index in [4.69, 9.17) is 9.26 Å². The van der Waals surface area contributed by atoms with Gasteiger partial charge in [0.05, 0.1) is 33.8 Å². The van der Waals surface area contributed by atoms with Gasteiger partial charge in [-0.05, 0) is 75.3 Å². The van der Waals surface area contributed by atoms with Crippen LogP contribution in [0.5, 0.6) is 0 Å². The summed E-state index contributed by atoms with van der Waals surface area (Å²) in [6.07, 6.45) is 5.85. The number of hydrogen-bond donors (Lipinski definition) is 2. The molecule has 0 radical (unpaired) electrons. The number of aryl methyl sites for hydroxylation is 3. The Morgan fingerprint density at radius 3 is 2.65 bits per heavy atom. The molecule has 1 aliphatic rings. The molecular weight excluding hydrogens is 466 g/mol. The van der Waals surface area contributed by atoms with Crippen LogP contribution in [0.1, 0.15) is 42.8 Å². The molecule has 4 aromatic rings. The van der Waals surface area contributed by atoms with Crippen molar-refractivity contribution in [3.8, 4) is 11.1 Å². The number of fused-ring (bicyclic) bond motifs is 1. The SMILES string of the molecule is Cc1noc(C)c1-c1ccc(NCCC2CCOCC2)c(NC(=O)CCc2cnc3ccccc3n2)c1. The van der Waals surface area contributed by atoms with E-state index in [9.17, 15) is 4.79 Å². The highest BCUT2D eigenvalue weighted by molar-refractivity contribution is 5.95. The lowest BCUT2D eigenvalue weighted by atomic mass is 9.96. The largest absolute Gasteiger partial charge is 0.383 e. The number of ether oxygens (including phenoxy) is 1. The number of amides is 1. The summed E-state index contributed by atoms with van der Waals surface area (Å²) in [4.78, 5) is 22.1. The van der Waals surface area contributed by atoms with Crippen molar-refractivity contribution in [1.29, 1.82) is 0 Å². The third kappa shape index (κ3) is 6.14. The molecule has 2 aromatic carbocycles. The third-order valence-corrected chi connectivity index (χ3v) is 6.93. The van der Waals surface area contributed by atoms with Gasteiger partial charge in [0.25, 0.3) is 0 Å². The van der Waals surface area contributed by atoms with Crippen LogP contribution in [0.15, 0.2) is 53.2 Å². The average molecular weight is 500 g/mol. The minimum atomic E-state index is -0.0710. The molecular formula is C29H33N5O3. The second-order valence-corrected chi connectivity index (χ2v) is 9.63. The maximum Gasteiger partial charge on any atom is 0.224 e. The number of carbonyl (C=O) groups excluding carboxylic acids is 1. The average Bonchev–Trinajstić information content (AvgIpc) is 3.26. The maximum absolute atomic E-state index is 13.0. The third-order valence-electron chi connectivity index (χ3n) is 6.93. The molecule has 5 rings (SSSR count). The lowest BCUT2D eigenvalue weighted by Gasteiger charge is -2.22. The summed E-state index contributed by atoms with van der Waals surface area (Å²) in [5.41, 5.74) is 6.88. The molecule has 1 saturated heterocycles. The Morgan fingerprint density at radius 1 is 1.05 bits per heavy atom. The zero-order valence-electron chi connectivity index (χ0n) is 21.4. The molecule has 192 valence electrons. The lowest BCUT2D eigenvalue weighted by Crippen LogP contribution is -2.19. The van der Waals surface area contributed by atoms with E-state index in [1.54, 1.807) is 6.20 Å². The first-order valence-corrected chi connectivity index (χ1v) is 13.0. The van der Waals surface area contributed by atoms with E-state index in [-0.39, 0.29) is 5.91 Å². The summed E-state index contributed by atoms with van der Waals surface area (Å²) in [7, 11) is 0. The second-order valence-electron chi connectivity index (χ2n) is 9.63. The molecule has 0 saturated carbocycles. The first kappa shape index (κ1) is 24.9. The molecule has 8 heteroatoms. The molecule has 8 nitrogen and oxygen atoms in total. The van der Waals surface area contributed by atoms with E-state index in [1.807, 2.05) is 56.3 Å². The molecule has 0 bridgehead atoms. The minimum Gasteiger partial charge on any atom is -0.383 e. The molecule has 1 fully saturated rings. The van der Waals surface area contributed by atoms with Gasteiger partial charge >= 0.3 is 0 Å². The van der Waals surface area contributed by atoms with Crippen molar-refractivity contribution in [2.24, 2.45) is 5.92 Å². The van der Waals surface area contributed by atoms with E-state index >= 15 is 0 Å². The molecule has 3 heterocycles. The minimum absolute atomic E-state index is 0.0710. The standard InChI is InChI=1S/C29H33N5O3/c1-19-29(20(2)37-34-19)22-7-9-25(30-14-11-21-12-15-36-16-13-21)27(17-22)33-28(35)10-8-23-18-31-24-5-3-4-6-26(24)32-23/h3-7,9,17-18,21,30H,8,10-16H2,1-2H3,(H,33,35). The number of nitrogens with one attached hydrogen (secondary N) is 2. The summed E-state index contributed by atoms with van der Waals surface area (Å²) in [5, 5.41) is 10.8. The van der Waals surface area contributed by atoms with E-state index in [0.29, 0.717) is 18.8 Å². The fourth-order valence-electron chi connectivity index (χ4n) is 4.87. The van der Waals surface area contributed by atoms with Crippen molar-refractivity contribution in [3.05, 3.63) is 65.8 Å². The quantitative estimate of drug-likeness (QED) is 0.304. The van der Waals surface area contributed by atoms with Crippen LogP contribution in [0, 0.1) is 19.8 Å². The van der Waals surface area contributed by atoms with Crippen LogP contribution in [0.2, 0.25) is 0 Å². The highest BCUT2D eigenvalue weighted by Crippen LogP contribution is 2.33. The van der Waals surface area contributed by atoms with Crippen molar-refractivity contribution in [1.82, 2.24) is 15.1 Å². The van der Waals surface area contributed by atoms with Gasteiger partial charge in [0.2, 0.25) is 5.91 Å². The first-order chi connectivity index (χ1) is 18.1. The monoisotopic (exact) mass is 499 g/mol. The summed E-state index contributed by atoms with van der Waals surface area (Å²) in [6.45, 7) is 6.36. The molecule has 0 aliphatic carbocycles. The normalized spacial score (nSPS) is 14.1. The summed E-state index contributed by atoms with van der Waals surface area (Å²) in [5.74, 6) is 1.35. The van der Waals surface area contributed by atoms with Gasteiger partial charge in [0, 0.05) is 37.9 Å². The Kier molecular flexibility index (Phi) is 7.75. The van der Waals surface area contributed by atoms with Gasteiger partial charge in [0.1, 0.15) is 5.76 Å². The molecule has 2 aromatic heterocycles. The van der Waals surface area contributed by atoms with Crippen molar-refractivity contribution >= 4 is 28.3 Å². The van der Waals surface area contributed by atoms with Crippen LogP contribution < -0.4 is 10.6 Å². The Hall–Kier alpha value is -3.78. The second kappa shape index (κ2) is 11.5. The van der Waals surface area contributed by atoms with Gasteiger partial charge in [-0.25, -0.2) is 4.98 Å². The van der Waals surface area contributed by atoms with Crippen LogP contribution in [-0.4, -0.2) is 40.8 Å². The van der Waals surface area contributed by atoms with Gasteiger partial charge in [-0.2, -0.15) is 0 Å². The zero-order valence-corrected chi connectivity index (χ0v) is 21.4. The van der Waals surface area contributed by atoms with Crippen molar-refractivity contribution in [2.75, 3.05) is 30.4 Å². The molecule has 0 unspecified atom stereocenters. The van der Waals surface area contributed by atoms with Crippen LogP contribution >= 0.6 is 0 Å². The van der Waals surface area contributed by atoms with Gasteiger partial charge in [-0.3, -0.25) is 9.78 Å². The molecule has 0 atom stereocenters. The Bertz CT molecular complexity index is 1360. The lowest BCUT2D eigenvalue weighted by molar-refractivity contribution is -0.116. The summed E-state index contributed by atoms with van der Waals surface area (Å²) < 4.78 is 10.9. The number of carbonyl (C=O) groups is 1. The molecule has 2 N–H and O–H groups in total. The van der Waals surface area contributed by atoms with E-state index in [2.05, 4.69) is 25.8 Å². The molecule has 1 amide bonds. The van der Waals surface area contributed by atoms with E-state index < -0.39 is 0 Å². The van der Waals surface area contributed by atoms with Crippen LogP contribution in [0.25, 0.3) is 22.2 Å². The smallest absolute Gasteiger partial charge is 0.224 e. The fraction of sp³-hybridized carbons (Fsp3) is 0.379. The maximum atomic E-state index is 13.0. The van der Waals surface area contributed by atoms with Gasteiger partial charge in [0.15, 0.2) is 0 Å². The van der Waals surface area contributed by atoms with Gasteiger partial charge in [-0.15, -0.1) is 0 Å². The number of benzene rings is 2. The Morgan fingerprint density at radius 2 is 1.86 bits per heavy atom. The summed E-state index contributed by atoms with van der Waals surface area (Å²) in [6, 6.07) is 13.8. The van der Waals surface area contributed by atoms with Crippen LogP contribution in [-0.2, 0) is 16.0 Å². The zero-order chi connectivity index (χ0) is 25.6. The van der Waals surface area contributed by atoms with Crippen molar-refractivity contribution in [3.63, 3.8) is 0 Å². The molecule has 0 spiro atoms. The number of anilines is 2. The van der Waals surface area contributed by atoms with Gasteiger partial charge < -0.3 is 19.9 Å². The predicted molar refractivity (Wildman–Crippen MR) is 145 cm³/mol. The van der Waals surface area contributed by atoms with Gasteiger partial charge in [-0.1, -0.05) is 23.4 Å². The highest BCUT2D eigenvalue weighted by atomic mass is 16.5. The van der Waals surface area contributed by atoms with Crippen LogP contribution in [0.3, 0.4) is 0 Å². The number of aromatic nitrogens is 3. The van der Waals surface area contributed by atoms with E-state index in [1.165, 1.54) is 0 Å². The number of rotatable bonds is 9. The number of para-hydroxylation sites is 2. The highest BCUT2D eigenvalue weighted by Gasteiger charge is 2.17. The van der Waals surface area contributed by atoms with Crippen LogP contribution in [0.4, 0.5) is 11.4 Å². The first-order valence-electron chi connectivity index (χ1n) is 13.0. The summed E-state index contributed by atoms with van der Waals surface area (Å²) >= 11 is 0. The predicted octanol–water partition coefficient (Wildman–Crippen LogP) is 5.70. The topological polar surface area (TPSA) is 102 Å².